The van der Waals surface area contributed by atoms with Crippen LogP contribution in [0, 0.1) is 6.92 Å². The van der Waals surface area contributed by atoms with Gasteiger partial charge in [0.2, 0.25) is 0 Å². The van der Waals surface area contributed by atoms with E-state index in [4.69, 9.17) is 4.98 Å². The monoisotopic (exact) mass is 305 g/mol. The molecule has 0 amide bonds. The molecule has 2 aromatic rings. The van der Waals surface area contributed by atoms with Gasteiger partial charge in [-0.15, -0.1) is 0 Å². The number of halogens is 1. The zero-order chi connectivity index (χ0) is 12.5. The molecular formula is C14H16BrN3. The summed E-state index contributed by atoms with van der Waals surface area (Å²) in [6, 6.07) is 8.23. The first-order valence-corrected chi connectivity index (χ1v) is 7.07. The molecule has 0 bridgehead atoms. The smallest absolute Gasteiger partial charge is 0.111 e. The second-order valence-electron chi connectivity index (χ2n) is 4.77. The molecule has 2 heterocycles. The zero-order valence-electron chi connectivity index (χ0n) is 10.3. The highest BCUT2D eigenvalue weighted by Gasteiger charge is 2.21. The second-order valence-corrected chi connectivity index (χ2v) is 5.62. The number of rotatable bonds is 2. The number of nitrogens with zero attached hydrogens (tertiary/aromatic N) is 1. The highest BCUT2D eigenvalue weighted by atomic mass is 79.9. The maximum atomic E-state index is 4.80. The fourth-order valence-electron chi connectivity index (χ4n) is 2.48. The van der Waals surface area contributed by atoms with Gasteiger partial charge in [0.25, 0.3) is 0 Å². The van der Waals surface area contributed by atoms with Crippen molar-refractivity contribution in [2.75, 3.05) is 13.1 Å². The Bertz CT molecular complexity index is 556. The Morgan fingerprint density at radius 2 is 2.17 bits per heavy atom. The molecule has 18 heavy (non-hydrogen) atoms. The van der Waals surface area contributed by atoms with Crippen molar-refractivity contribution in [2.24, 2.45) is 0 Å². The van der Waals surface area contributed by atoms with Crippen LogP contribution in [0.25, 0.3) is 11.3 Å². The fraction of sp³-hybridized carbons (Fsp3) is 0.357. The third-order valence-corrected chi connectivity index (χ3v) is 4.17. The predicted octanol–water partition coefficient (Wildman–Crippen LogP) is 3.22. The van der Waals surface area contributed by atoms with Crippen molar-refractivity contribution in [1.29, 1.82) is 0 Å². The van der Waals surface area contributed by atoms with Crippen molar-refractivity contribution >= 4 is 15.9 Å². The lowest BCUT2D eigenvalue weighted by Gasteiger charge is -2.03. The van der Waals surface area contributed by atoms with Gasteiger partial charge in [-0.2, -0.15) is 0 Å². The SMILES string of the molecule is Cc1[nH]c(C2CCNC2)nc1-c1ccccc1Br. The van der Waals surface area contributed by atoms with Crippen LogP contribution >= 0.6 is 15.9 Å². The van der Waals surface area contributed by atoms with E-state index in [2.05, 4.69) is 45.3 Å². The molecule has 1 unspecified atom stereocenters. The van der Waals surface area contributed by atoms with E-state index in [9.17, 15) is 0 Å². The van der Waals surface area contributed by atoms with E-state index in [1.54, 1.807) is 0 Å². The minimum absolute atomic E-state index is 0.528. The molecule has 0 spiro atoms. The van der Waals surface area contributed by atoms with Gasteiger partial charge in [0.05, 0.1) is 5.69 Å². The molecule has 1 saturated heterocycles. The van der Waals surface area contributed by atoms with Crippen LogP contribution in [0.4, 0.5) is 0 Å². The van der Waals surface area contributed by atoms with E-state index in [1.165, 1.54) is 6.42 Å². The quantitative estimate of drug-likeness (QED) is 0.894. The van der Waals surface area contributed by atoms with Gasteiger partial charge in [-0.25, -0.2) is 4.98 Å². The highest BCUT2D eigenvalue weighted by molar-refractivity contribution is 9.10. The Hall–Kier alpha value is -1.13. The predicted molar refractivity (Wildman–Crippen MR) is 76.7 cm³/mol. The van der Waals surface area contributed by atoms with Crippen LogP contribution in [0.1, 0.15) is 23.9 Å². The van der Waals surface area contributed by atoms with E-state index in [0.29, 0.717) is 5.92 Å². The number of aromatic amines is 1. The van der Waals surface area contributed by atoms with Crippen molar-refractivity contribution in [3.8, 4) is 11.3 Å². The third kappa shape index (κ3) is 2.10. The number of hydrogen-bond donors (Lipinski definition) is 2. The van der Waals surface area contributed by atoms with E-state index >= 15 is 0 Å². The van der Waals surface area contributed by atoms with Crippen LogP contribution in [0.3, 0.4) is 0 Å². The summed E-state index contributed by atoms with van der Waals surface area (Å²) in [6.45, 7) is 4.21. The molecule has 1 atom stereocenters. The lowest BCUT2D eigenvalue weighted by atomic mass is 10.1. The van der Waals surface area contributed by atoms with Gasteiger partial charge < -0.3 is 10.3 Å². The number of imidazole rings is 1. The summed E-state index contributed by atoms with van der Waals surface area (Å²) in [5.41, 5.74) is 3.36. The number of benzene rings is 1. The zero-order valence-corrected chi connectivity index (χ0v) is 11.9. The summed E-state index contributed by atoms with van der Waals surface area (Å²) in [6.07, 6.45) is 1.17. The minimum atomic E-state index is 0.528. The summed E-state index contributed by atoms with van der Waals surface area (Å²) >= 11 is 3.59. The first-order valence-electron chi connectivity index (χ1n) is 6.28. The largest absolute Gasteiger partial charge is 0.345 e. The second kappa shape index (κ2) is 4.86. The summed E-state index contributed by atoms with van der Waals surface area (Å²) in [7, 11) is 0. The van der Waals surface area contributed by atoms with E-state index in [-0.39, 0.29) is 0 Å². The molecule has 2 N–H and O–H groups in total. The summed E-state index contributed by atoms with van der Waals surface area (Å²) in [4.78, 5) is 8.24. The topological polar surface area (TPSA) is 40.7 Å². The molecule has 0 aliphatic carbocycles. The minimum Gasteiger partial charge on any atom is -0.345 e. The molecule has 3 nitrogen and oxygen atoms in total. The summed E-state index contributed by atoms with van der Waals surface area (Å²) < 4.78 is 1.09. The molecule has 1 fully saturated rings. The maximum absolute atomic E-state index is 4.80. The number of aryl methyl sites for hydroxylation is 1. The van der Waals surface area contributed by atoms with Gasteiger partial charge in [-0.1, -0.05) is 34.1 Å². The lowest BCUT2D eigenvalue weighted by molar-refractivity contribution is 0.713. The average molecular weight is 306 g/mol. The molecule has 1 aliphatic heterocycles. The lowest BCUT2D eigenvalue weighted by Crippen LogP contribution is -2.08. The van der Waals surface area contributed by atoms with Crippen LogP contribution in [0.15, 0.2) is 28.7 Å². The van der Waals surface area contributed by atoms with Gasteiger partial charge in [-0.3, -0.25) is 0 Å². The van der Waals surface area contributed by atoms with Crippen molar-refractivity contribution in [2.45, 2.75) is 19.3 Å². The first-order chi connectivity index (χ1) is 8.75. The van der Waals surface area contributed by atoms with Crippen LogP contribution in [-0.4, -0.2) is 23.1 Å². The van der Waals surface area contributed by atoms with Crippen molar-refractivity contribution in [3.05, 3.63) is 40.3 Å². The van der Waals surface area contributed by atoms with E-state index < -0.39 is 0 Å². The molecular weight excluding hydrogens is 290 g/mol. The Morgan fingerprint density at radius 1 is 1.33 bits per heavy atom. The molecule has 0 saturated carbocycles. The van der Waals surface area contributed by atoms with Crippen molar-refractivity contribution in [1.82, 2.24) is 15.3 Å². The van der Waals surface area contributed by atoms with Gasteiger partial charge in [0, 0.05) is 28.2 Å². The van der Waals surface area contributed by atoms with Crippen LogP contribution in [0.5, 0.6) is 0 Å². The Kier molecular flexibility index (Phi) is 3.22. The average Bonchev–Trinajstić information content (AvgIpc) is 2.99. The number of nitrogens with one attached hydrogen (secondary N) is 2. The van der Waals surface area contributed by atoms with Gasteiger partial charge in [0.1, 0.15) is 5.82 Å². The van der Waals surface area contributed by atoms with Gasteiger partial charge in [0.15, 0.2) is 0 Å². The molecule has 94 valence electrons. The molecule has 3 rings (SSSR count). The van der Waals surface area contributed by atoms with Crippen LogP contribution < -0.4 is 5.32 Å². The number of aromatic nitrogens is 2. The Labute approximate surface area is 115 Å². The van der Waals surface area contributed by atoms with Gasteiger partial charge >= 0.3 is 0 Å². The molecule has 1 aromatic carbocycles. The number of hydrogen-bond acceptors (Lipinski definition) is 2. The first kappa shape index (κ1) is 11.9. The number of H-pyrrole nitrogens is 1. The standard InChI is InChI=1S/C14H16BrN3/c1-9-13(11-4-2-3-5-12(11)15)18-14(17-9)10-6-7-16-8-10/h2-5,10,16H,6-8H2,1H3,(H,17,18). The van der Waals surface area contributed by atoms with Crippen LogP contribution in [-0.2, 0) is 0 Å². The summed E-state index contributed by atoms with van der Waals surface area (Å²) in [5, 5.41) is 3.38. The van der Waals surface area contributed by atoms with Crippen molar-refractivity contribution < 1.29 is 0 Å². The highest BCUT2D eigenvalue weighted by Crippen LogP contribution is 2.31. The Balaban J connectivity index is 2.00. The molecule has 4 heteroatoms. The van der Waals surface area contributed by atoms with Gasteiger partial charge in [-0.05, 0) is 26.0 Å². The van der Waals surface area contributed by atoms with Crippen molar-refractivity contribution in [3.63, 3.8) is 0 Å². The normalized spacial score (nSPS) is 19.3. The fourth-order valence-corrected chi connectivity index (χ4v) is 2.95. The van der Waals surface area contributed by atoms with Crippen LogP contribution in [0.2, 0.25) is 0 Å². The molecule has 0 radical (unpaired) electrons. The van der Waals surface area contributed by atoms with E-state index in [0.717, 1.165) is 40.3 Å². The maximum Gasteiger partial charge on any atom is 0.111 e. The molecule has 1 aliphatic rings. The Morgan fingerprint density at radius 3 is 2.89 bits per heavy atom. The summed E-state index contributed by atoms with van der Waals surface area (Å²) in [5.74, 6) is 1.64. The molecule has 1 aromatic heterocycles. The third-order valence-electron chi connectivity index (χ3n) is 3.48. The van der Waals surface area contributed by atoms with E-state index in [1.807, 2.05) is 12.1 Å².